The molecule has 2 heterocycles. The van der Waals surface area contributed by atoms with E-state index in [9.17, 15) is 4.79 Å². The summed E-state index contributed by atoms with van der Waals surface area (Å²) >= 11 is 1.85. The zero-order valence-electron chi connectivity index (χ0n) is 9.77. The molecule has 1 amide bonds. The molecule has 2 rings (SSSR count). The molecule has 88 valence electrons. The van der Waals surface area contributed by atoms with Gasteiger partial charge in [-0.05, 0) is 18.1 Å². The van der Waals surface area contributed by atoms with E-state index in [0.29, 0.717) is 12.3 Å². The predicted octanol–water partition coefficient (Wildman–Crippen LogP) is 2.63. The van der Waals surface area contributed by atoms with Gasteiger partial charge in [0.25, 0.3) is 0 Å². The molecule has 0 aliphatic carbocycles. The van der Waals surface area contributed by atoms with Crippen molar-refractivity contribution < 1.29 is 4.79 Å². The number of aromatic nitrogens is 1. The number of aromatic amines is 1. The lowest BCUT2D eigenvalue weighted by Crippen LogP contribution is -2.39. The number of rotatable bonds is 3. The predicted molar refractivity (Wildman–Crippen MR) is 67.2 cm³/mol. The Hall–Kier alpha value is -0.900. The molecule has 1 unspecified atom stereocenters. The molecule has 1 atom stereocenters. The summed E-state index contributed by atoms with van der Waals surface area (Å²) in [6, 6.07) is 4.05. The van der Waals surface area contributed by atoms with Crippen molar-refractivity contribution in [1.29, 1.82) is 0 Å². The van der Waals surface area contributed by atoms with E-state index in [0.717, 1.165) is 18.0 Å². The quantitative estimate of drug-likeness (QED) is 0.878. The van der Waals surface area contributed by atoms with Crippen LogP contribution in [-0.4, -0.2) is 28.1 Å². The topological polar surface area (TPSA) is 36.1 Å². The van der Waals surface area contributed by atoms with Crippen LogP contribution in [0.25, 0.3) is 0 Å². The Kier molecular flexibility index (Phi) is 3.59. The third-order valence-corrected chi connectivity index (χ3v) is 3.91. The average molecular weight is 238 g/mol. The number of thioether (sulfide) groups is 1. The van der Waals surface area contributed by atoms with Crippen molar-refractivity contribution in [2.24, 2.45) is 5.92 Å². The molecular formula is C12H18N2OS. The molecule has 1 N–H and O–H groups in total. The average Bonchev–Trinajstić information content (AvgIpc) is 2.73. The maximum atomic E-state index is 11.9. The zero-order valence-corrected chi connectivity index (χ0v) is 10.6. The molecule has 0 spiro atoms. The van der Waals surface area contributed by atoms with Gasteiger partial charge in [0.1, 0.15) is 5.37 Å². The highest BCUT2D eigenvalue weighted by atomic mass is 32.2. The standard InChI is InChI=1S/C12H18N2OS/c1-9(2)8-14-11(15)5-7-16-12(14)10-4-3-6-13-10/h3-4,6,9,12-13H,5,7-8H2,1-2H3. The van der Waals surface area contributed by atoms with Gasteiger partial charge in [-0.3, -0.25) is 4.79 Å². The fourth-order valence-electron chi connectivity index (χ4n) is 1.97. The van der Waals surface area contributed by atoms with Crippen molar-refractivity contribution in [2.45, 2.75) is 25.6 Å². The number of nitrogens with zero attached hydrogens (tertiary/aromatic N) is 1. The Labute approximate surface area is 101 Å². The number of hydrogen-bond donors (Lipinski definition) is 1. The van der Waals surface area contributed by atoms with Gasteiger partial charge in [-0.15, -0.1) is 11.8 Å². The van der Waals surface area contributed by atoms with Crippen molar-refractivity contribution in [2.75, 3.05) is 12.3 Å². The van der Waals surface area contributed by atoms with Crippen LogP contribution in [0.2, 0.25) is 0 Å². The van der Waals surface area contributed by atoms with E-state index < -0.39 is 0 Å². The summed E-state index contributed by atoms with van der Waals surface area (Å²) in [6.45, 7) is 5.14. The maximum absolute atomic E-state index is 11.9. The fourth-order valence-corrected chi connectivity index (χ4v) is 3.19. The summed E-state index contributed by atoms with van der Waals surface area (Å²) < 4.78 is 0. The number of carbonyl (C=O) groups is 1. The van der Waals surface area contributed by atoms with E-state index in [1.807, 2.05) is 28.9 Å². The second-order valence-electron chi connectivity index (χ2n) is 4.54. The Bertz CT molecular complexity index is 348. The molecule has 0 aromatic carbocycles. The minimum Gasteiger partial charge on any atom is -0.363 e. The summed E-state index contributed by atoms with van der Waals surface area (Å²) in [6.07, 6.45) is 2.59. The lowest BCUT2D eigenvalue weighted by atomic mass is 10.2. The second kappa shape index (κ2) is 4.95. The molecule has 1 aromatic heterocycles. The van der Waals surface area contributed by atoms with E-state index in [1.54, 1.807) is 0 Å². The van der Waals surface area contributed by atoms with E-state index >= 15 is 0 Å². The summed E-state index contributed by atoms with van der Waals surface area (Å²) in [5, 5.41) is 0.179. The monoisotopic (exact) mass is 238 g/mol. The molecule has 1 aliphatic heterocycles. The smallest absolute Gasteiger partial charge is 0.224 e. The number of amides is 1. The van der Waals surface area contributed by atoms with Gasteiger partial charge in [0.2, 0.25) is 5.91 Å². The Morgan fingerprint density at radius 2 is 2.44 bits per heavy atom. The minimum atomic E-state index is 0.179. The normalized spacial score (nSPS) is 21.8. The van der Waals surface area contributed by atoms with Crippen LogP contribution >= 0.6 is 11.8 Å². The highest BCUT2D eigenvalue weighted by Gasteiger charge is 2.30. The lowest BCUT2D eigenvalue weighted by molar-refractivity contribution is -0.132. The van der Waals surface area contributed by atoms with Crippen molar-refractivity contribution in [3.63, 3.8) is 0 Å². The van der Waals surface area contributed by atoms with E-state index in [4.69, 9.17) is 0 Å². The number of hydrogen-bond acceptors (Lipinski definition) is 2. The van der Waals surface area contributed by atoms with Crippen LogP contribution in [0.1, 0.15) is 31.3 Å². The fraction of sp³-hybridized carbons (Fsp3) is 0.583. The molecule has 1 saturated heterocycles. The maximum Gasteiger partial charge on any atom is 0.224 e. The van der Waals surface area contributed by atoms with Crippen molar-refractivity contribution >= 4 is 17.7 Å². The van der Waals surface area contributed by atoms with Gasteiger partial charge in [-0.1, -0.05) is 13.8 Å². The van der Waals surface area contributed by atoms with Gasteiger partial charge in [-0.2, -0.15) is 0 Å². The second-order valence-corrected chi connectivity index (χ2v) is 5.73. The first kappa shape index (κ1) is 11.6. The molecule has 0 radical (unpaired) electrons. The van der Waals surface area contributed by atoms with E-state index in [-0.39, 0.29) is 11.3 Å². The van der Waals surface area contributed by atoms with Crippen molar-refractivity contribution in [1.82, 2.24) is 9.88 Å². The molecule has 1 fully saturated rings. The molecule has 3 nitrogen and oxygen atoms in total. The molecule has 1 aromatic rings. The number of H-pyrrole nitrogens is 1. The van der Waals surface area contributed by atoms with Crippen LogP contribution in [-0.2, 0) is 4.79 Å². The van der Waals surface area contributed by atoms with Crippen LogP contribution in [0.15, 0.2) is 18.3 Å². The van der Waals surface area contributed by atoms with E-state index in [1.165, 1.54) is 0 Å². The first-order chi connectivity index (χ1) is 7.68. The molecule has 1 aliphatic rings. The Morgan fingerprint density at radius 1 is 1.62 bits per heavy atom. The van der Waals surface area contributed by atoms with Crippen LogP contribution in [0.3, 0.4) is 0 Å². The Morgan fingerprint density at radius 3 is 3.06 bits per heavy atom. The van der Waals surface area contributed by atoms with Gasteiger partial charge in [0.15, 0.2) is 0 Å². The summed E-state index contributed by atoms with van der Waals surface area (Å²) in [7, 11) is 0. The first-order valence-electron chi connectivity index (χ1n) is 5.73. The molecule has 4 heteroatoms. The van der Waals surface area contributed by atoms with Gasteiger partial charge in [0.05, 0.1) is 0 Å². The largest absolute Gasteiger partial charge is 0.363 e. The van der Waals surface area contributed by atoms with Gasteiger partial charge in [0, 0.05) is 30.6 Å². The van der Waals surface area contributed by atoms with Crippen LogP contribution in [0, 0.1) is 5.92 Å². The number of nitrogens with one attached hydrogen (secondary N) is 1. The van der Waals surface area contributed by atoms with E-state index in [2.05, 4.69) is 24.9 Å². The summed E-state index contributed by atoms with van der Waals surface area (Å²) in [5.41, 5.74) is 1.14. The van der Waals surface area contributed by atoms with Gasteiger partial charge < -0.3 is 9.88 Å². The first-order valence-corrected chi connectivity index (χ1v) is 6.77. The van der Waals surface area contributed by atoms with Crippen molar-refractivity contribution in [3.05, 3.63) is 24.0 Å². The molecular weight excluding hydrogens is 220 g/mol. The SMILES string of the molecule is CC(C)CN1C(=O)CCSC1c1ccc[nH]1. The van der Waals surface area contributed by atoms with Gasteiger partial charge >= 0.3 is 0 Å². The van der Waals surface area contributed by atoms with Crippen LogP contribution < -0.4 is 0 Å². The Balaban J connectivity index is 2.17. The van der Waals surface area contributed by atoms with Crippen molar-refractivity contribution in [3.8, 4) is 0 Å². The molecule has 0 bridgehead atoms. The summed E-state index contributed by atoms with van der Waals surface area (Å²) in [5.74, 6) is 1.73. The van der Waals surface area contributed by atoms with Gasteiger partial charge in [-0.25, -0.2) is 0 Å². The highest BCUT2D eigenvalue weighted by molar-refractivity contribution is 7.99. The third kappa shape index (κ3) is 2.43. The summed E-state index contributed by atoms with van der Waals surface area (Å²) in [4.78, 5) is 17.2. The number of carbonyl (C=O) groups excluding carboxylic acids is 1. The molecule has 0 saturated carbocycles. The lowest BCUT2D eigenvalue weighted by Gasteiger charge is -2.35. The third-order valence-electron chi connectivity index (χ3n) is 2.64. The minimum absolute atomic E-state index is 0.179. The molecule has 16 heavy (non-hydrogen) atoms. The highest BCUT2D eigenvalue weighted by Crippen LogP contribution is 2.36. The zero-order chi connectivity index (χ0) is 11.5. The van der Waals surface area contributed by atoms with Crippen LogP contribution in [0.5, 0.6) is 0 Å². The van der Waals surface area contributed by atoms with Crippen LogP contribution in [0.4, 0.5) is 0 Å².